The van der Waals surface area contributed by atoms with Gasteiger partial charge >= 0.3 is 11.9 Å². The molecule has 242 valence electrons. The molecule has 0 aliphatic rings. The third-order valence-corrected chi connectivity index (χ3v) is 7.83. The third-order valence-electron chi connectivity index (χ3n) is 7.83. The number of para-hydroxylation sites is 1. The summed E-state index contributed by atoms with van der Waals surface area (Å²) in [5.74, 6) is -1.78. The highest BCUT2D eigenvalue weighted by atomic mass is 16.7. The molecule has 0 saturated heterocycles. The highest BCUT2D eigenvalue weighted by Gasteiger charge is 2.25. The minimum absolute atomic E-state index is 0.182. The van der Waals surface area contributed by atoms with Crippen molar-refractivity contribution in [3.63, 3.8) is 0 Å². The first-order valence-electron chi connectivity index (χ1n) is 16.0. The fourth-order valence-corrected chi connectivity index (χ4v) is 5.54. The predicted molar refractivity (Wildman–Crippen MR) is 180 cm³/mol. The molecule has 0 radical (unpaired) electrons. The Morgan fingerprint density at radius 1 is 0.696 bits per heavy atom. The van der Waals surface area contributed by atoms with Crippen molar-refractivity contribution in [1.29, 1.82) is 0 Å². The molecule has 0 spiro atoms. The number of hydrogen-bond donors (Lipinski definition) is 0. The number of aryl methyl sites for hydroxylation is 1. The van der Waals surface area contributed by atoms with Crippen molar-refractivity contribution >= 4 is 56.7 Å². The Kier molecular flexibility index (Phi) is 11.8. The zero-order valence-corrected chi connectivity index (χ0v) is 27.3. The zero-order chi connectivity index (χ0) is 33.2. The van der Waals surface area contributed by atoms with E-state index in [1.54, 1.807) is 12.3 Å². The fourth-order valence-electron chi connectivity index (χ4n) is 5.54. The molecule has 2 heterocycles. The van der Waals surface area contributed by atoms with Crippen molar-refractivity contribution in [3.8, 4) is 5.69 Å². The summed E-state index contributed by atoms with van der Waals surface area (Å²) in [5.41, 5.74) is 3.66. The largest absolute Gasteiger partial charge is 0.346 e. The Balaban J connectivity index is 1.85. The van der Waals surface area contributed by atoms with Gasteiger partial charge in [0, 0.05) is 54.7 Å². The summed E-state index contributed by atoms with van der Waals surface area (Å²) in [5, 5.41) is 9.34. The molecule has 0 aliphatic carbocycles. The molecule has 4 aromatic rings. The van der Waals surface area contributed by atoms with Crippen LogP contribution in [-0.2, 0) is 25.8 Å². The van der Waals surface area contributed by atoms with E-state index in [0.717, 1.165) is 59.6 Å². The van der Waals surface area contributed by atoms with Gasteiger partial charge in [-0.25, -0.2) is 9.59 Å². The van der Waals surface area contributed by atoms with Crippen molar-refractivity contribution in [2.45, 2.75) is 92.5 Å². The summed E-state index contributed by atoms with van der Waals surface area (Å²) in [7, 11) is 0. The van der Waals surface area contributed by atoms with Gasteiger partial charge < -0.3 is 18.8 Å². The molecular formula is C36H42N4O6. The first-order chi connectivity index (χ1) is 22.2. The van der Waals surface area contributed by atoms with Gasteiger partial charge in [-0.15, -0.1) is 0 Å². The van der Waals surface area contributed by atoms with Crippen molar-refractivity contribution in [2.24, 2.45) is 10.3 Å². The standard InChI is InChI=1S/C36H42N4O6/c1-6-9-11-12-17-31(38-46-25(5)42)35(43)28-19-20-33(34-27(28)21-22-39(34)8-3)40-23-29(26-15-13-14-18-32(26)40)36(44)30(16-10-7-2)37-45-24(4)41/h13-15,18-23H,6-12,16-17H2,1-5H3/b37-30+,38-31+. The van der Waals surface area contributed by atoms with E-state index in [1.807, 2.05) is 61.0 Å². The number of fused-ring (bicyclic) bond motifs is 2. The first-order valence-corrected chi connectivity index (χ1v) is 16.0. The lowest BCUT2D eigenvalue weighted by molar-refractivity contribution is -0.141. The molecule has 0 fully saturated rings. The molecular weight excluding hydrogens is 584 g/mol. The topological polar surface area (TPSA) is 121 Å². The van der Waals surface area contributed by atoms with Gasteiger partial charge in [0.15, 0.2) is 0 Å². The number of benzene rings is 2. The molecule has 0 aliphatic heterocycles. The SMILES string of the molecule is CCCCCC/C(=N\OC(C)=O)C(=O)c1ccc(-n2cc(C(=O)/C(CCCC)=N/OC(C)=O)c3ccccc32)c2c1ccn2CC. The van der Waals surface area contributed by atoms with Crippen LogP contribution < -0.4 is 0 Å². The van der Waals surface area contributed by atoms with Crippen LogP contribution in [0.2, 0.25) is 0 Å². The predicted octanol–water partition coefficient (Wildman–Crippen LogP) is 7.97. The van der Waals surface area contributed by atoms with Crippen molar-refractivity contribution in [1.82, 2.24) is 9.13 Å². The number of Topliss-reactive ketones (excluding diaryl/α,β-unsaturated/α-hetero) is 2. The van der Waals surface area contributed by atoms with Crippen LogP contribution in [-0.4, -0.2) is 44.1 Å². The number of hydrogen-bond acceptors (Lipinski definition) is 8. The van der Waals surface area contributed by atoms with Gasteiger partial charge in [-0.3, -0.25) is 9.59 Å². The van der Waals surface area contributed by atoms with E-state index in [9.17, 15) is 19.2 Å². The monoisotopic (exact) mass is 626 g/mol. The normalized spacial score (nSPS) is 12.1. The Bertz CT molecular complexity index is 1810. The minimum Gasteiger partial charge on any atom is -0.346 e. The first kappa shape index (κ1) is 34.0. The number of oxime groups is 2. The maximum absolute atomic E-state index is 13.9. The van der Waals surface area contributed by atoms with Crippen LogP contribution in [0.5, 0.6) is 0 Å². The molecule has 10 nitrogen and oxygen atoms in total. The van der Waals surface area contributed by atoms with Gasteiger partial charge in [0.05, 0.1) is 16.7 Å². The second-order valence-electron chi connectivity index (χ2n) is 11.2. The number of ketones is 2. The van der Waals surface area contributed by atoms with E-state index in [1.165, 1.54) is 13.8 Å². The second-order valence-corrected chi connectivity index (χ2v) is 11.2. The number of carbonyl (C=O) groups excluding carboxylic acids is 4. The van der Waals surface area contributed by atoms with Crippen LogP contribution in [0, 0.1) is 0 Å². The molecule has 46 heavy (non-hydrogen) atoms. The minimum atomic E-state index is -0.594. The summed E-state index contributed by atoms with van der Waals surface area (Å²) in [4.78, 5) is 60.7. The maximum atomic E-state index is 13.9. The van der Waals surface area contributed by atoms with Gasteiger partial charge in [-0.2, -0.15) is 0 Å². The summed E-state index contributed by atoms with van der Waals surface area (Å²) in [6, 6.07) is 13.1. The van der Waals surface area contributed by atoms with Crippen LogP contribution in [0.4, 0.5) is 0 Å². The Hall–Kier alpha value is -4.86. The van der Waals surface area contributed by atoms with Gasteiger partial charge in [-0.05, 0) is 56.9 Å². The molecule has 4 rings (SSSR count). The Morgan fingerprint density at radius 2 is 1.33 bits per heavy atom. The molecule has 0 bridgehead atoms. The van der Waals surface area contributed by atoms with Crippen LogP contribution in [0.3, 0.4) is 0 Å². The van der Waals surface area contributed by atoms with E-state index < -0.39 is 11.9 Å². The van der Waals surface area contributed by atoms with Crippen LogP contribution >= 0.6 is 0 Å². The number of rotatable bonds is 16. The summed E-state index contributed by atoms with van der Waals surface area (Å²) in [6.45, 7) is 9.29. The lowest BCUT2D eigenvalue weighted by Gasteiger charge is -2.14. The van der Waals surface area contributed by atoms with E-state index >= 15 is 0 Å². The number of nitrogens with zero attached hydrogens (tertiary/aromatic N) is 4. The highest BCUT2D eigenvalue weighted by molar-refractivity contribution is 6.48. The van der Waals surface area contributed by atoms with E-state index in [4.69, 9.17) is 9.68 Å². The van der Waals surface area contributed by atoms with Gasteiger partial charge in [-0.1, -0.05) is 68.0 Å². The van der Waals surface area contributed by atoms with Crippen LogP contribution in [0.25, 0.3) is 27.5 Å². The molecule has 0 unspecified atom stereocenters. The number of unbranched alkanes of at least 4 members (excludes halogenated alkanes) is 4. The average Bonchev–Trinajstić information content (AvgIpc) is 3.66. The summed E-state index contributed by atoms with van der Waals surface area (Å²) in [6.07, 6.45) is 9.83. The van der Waals surface area contributed by atoms with Crippen molar-refractivity contribution in [2.75, 3.05) is 0 Å². The highest BCUT2D eigenvalue weighted by Crippen LogP contribution is 2.33. The Morgan fingerprint density at radius 3 is 1.96 bits per heavy atom. The maximum Gasteiger partial charge on any atom is 0.331 e. The lowest BCUT2D eigenvalue weighted by atomic mass is 9.98. The molecule has 2 aromatic heterocycles. The molecule has 0 atom stereocenters. The van der Waals surface area contributed by atoms with Crippen molar-refractivity contribution < 1.29 is 28.9 Å². The Labute approximate surface area is 269 Å². The lowest BCUT2D eigenvalue weighted by Crippen LogP contribution is -2.17. The molecule has 0 saturated carbocycles. The van der Waals surface area contributed by atoms with E-state index in [0.29, 0.717) is 36.9 Å². The molecule has 10 heteroatoms. The van der Waals surface area contributed by atoms with Crippen molar-refractivity contribution in [3.05, 3.63) is 66.0 Å². The third kappa shape index (κ3) is 7.67. The smallest absolute Gasteiger partial charge is 0.331 e. The van der Waals surface area contributed by atoms with Gasteiger partial charge in [0.2, 0.25) is 11.6 Å². The van der Waals surface area contributed by atoms with Crippen LogP contribution in [0.15, 0.2) is 65.2 Å². The van der Waals surface area contributed by atoms with Gasteiger partial charge in [0.25, 0.3) is 0 Å². The summed E-state index contributed by atoms with van der Waals surface area (Å²) >= 11 is 0. The fraction of sp³-hybridized carbons (Fsp3) is 0.389. The quantitative estimate of drug-likeness (QED) is 0.0409. The van der Waals surface area contributed by atoms with E-state index in [2.05, 4.69) is 21.8 Å². The number of carbonyl (C=O) groups is 4. The molecule has 0 N–H and O–H groups in total. The van der Waals surface area contributed by atoms with Gasteiger partial charge in [0.1, 0.15) is 11.4 Å². The summed E-state index contributed by atoms with van der Waals surface area (Å²) < 4.78 is 4.00. The number of aromatic nitrogens is 2. The molecule has 2 aromatic carbocycles. The second kappa shape index (κ2) is 15.9. The van der Waals surface area contributed by atoms with E-state index in [-0.39, 0.29) is 23.0 Å². The van der Waals surface area contributed by atoms with Crippen LogP contribution in [0.1, 0.15) is 107 Å². The molecule has 0 amide bonds. The average molecular weight is 627 g/mol. The zero-order valence-electron chi connectivity index (χ0n) is 27.3.